The van der Waals surface area contributed by atoms with Crippen molar-refractivity contribution < 1.29 is 14.3 Å². The number of pyridine rings is 2. The quantitative estimate of drug-likeness (QED) is 0.329. The van der Waals surface area contributed by atoms with Crippen LogP contribution < -0.4 is 10.1 Å². The van der Waals surface area contributed by atoms with Crippen LogP contribution in [0.3, 0.4) is 0 Å². The normalized spacial score (nSPS) is 14.0. The van der Waals surface area contributed by atoms with E-state index in [1.807, 2.05) is 57.2 Å². The Labute approximate surface area is 219 Å². The number of amidine groups is 1. The Hall–Kier alpha value is -4.05. The zero-order chi connectivity index (χ0) is 26.9. The summed E-state index contributed by atoms with van der Waals surface area (Å²) >= 11 is 0.819. The molecule has 1 aromatic carbocycles. The smallest absolute Gasteiger partial charge is 0.253 e. The summed E-state index contributed by atoms with van der Waals surface area (Å²) in [5.74, 6) is -0.146. The van der Waals surface area contributed by atoms with Crippen LogP contribution in [-0.2, 0) is 4.79 Å². The van der Waals surface area contributed by atoms with Gasteiger partial charge in [-0.15, -0.1) is 0 Å². The van der Waals surface area contributed by atoms with Gasteiger partial charge in [0.25, 0.3) is 5.91 Å². The van der Waals surface area contributed by atoms with Gasteiger partial charge in [-0.25, -0.2) is 9.97 Å². The fourth-order valence-corrected chi connectivity index (χ4v) is 4.59. The molecule has 0 fully saturated rings. The van der Waals surface area contributed by atoms with Crippen molar-refractivity contribution in [2.45, 2.75) is 26.7 Å². The third-order valence-electron chi connectivity index (χ3n) is 6.28. The molecule has 2 amide bonds. The van der Waals surface area contributed by atoms with E-state index in [1.54, 1.807) is 26.2 Å². The summed E-state index contributed by atoms with van der Waals surface area (Å²) in [4.78, 5) is 36.4. The number of carbonyl (C=O) groups is 2. The van der Waals surface area contributed by atoms with Crippen LogP contribution >= 0.6 is 11.8 Å². The molecular weight excluding hydrogens is 488 g/mol. The van der Waals surface area contributed by atoms with Crippen LogP contribution in [0.5, 0.6) is 11.8 Å². The Morgan fingerprint density at radius 3 is 2.27 bits per heavy atom. The molecule has 0 saturated heterocycles. The van der Waals surface area contributed by atoms with Crippen molar-refractivity contribution >= 4 is 34.3 Å². The molecule has 1 aliphatic rings. The standard InChI is InChI=1S/C27H28N6O3S/c1-15-6-11-18-21(27(2,3)25(35)32-26(29)37-14-28)19-12-13-20(31-23(19)36-22(18)30-15)16-7-9-17(10-8-16)24(34)33(4)5/h6-14,21,28H,1-5H3,(H2,29,32,35). The largest absolute Gasteiger partial charge is 0.420 e. The van der Waals surface area contributed by atoms with Crippen molar-refractivity contribution in [1.29, 1.82) is 10.8 Å². The molecule has 3 N–H and O–H groups in total. The molecule has 0 saturated carbocycles. The number of nitrogens with one attached hydrogen (secondary N) is 3. The van der Waals surface area contributed by atoms with Crippen LogP contribution in [0.2, 0.25) is 0 Å². The van der Waals surface area contributed by atoms with Gasteiger partial charge in [0.15, 0.2) is 5.17 Å². The summed E-state index contributed by atoms with van der Waals surface area (Å²) in [7, 11) is 3.42. The highest BCUT2D eigenvalue weighted by molar-refractivity contribution is 8.24. The Balaban J connectivity index is 1.75. The molecule has 0 bridgehead atoms. The second kappa shape index (κ2) is 10.1. The van der Waals surface area contributed by atoms with Crippen LogP contribution in [0.4, 0.5) is 0 Å². The maximum atomic E-state index is 13.3. The highest BCUT2D eigenvalue weighted by atomic mass is 32.2. The molecule has 9 nitrogen and oxygen atoms in total. The van der Waals surface area contributed by atoms with Gasteiger partial charge in [-0.3, -0.25) is 15.0 Å². The molecule has 190 valence electrons. The zero-order valence-electron chi connectivity index (χ0n) is 21.2. The third-order valence-corrected chi connectivity index (χ3v) is 6.73. The van der Waals surface area contributed by atoms with E-state index < -0.39 is 11.3 Å². The SMILES string of the molecule is Cc1ccc2c(n1)Oc1nc(-c3ccc(C(=O)N(C)C)cc3)ccc1C2C(C)(C)C(=O)NC(=N)SC=N. The number of hydrogen-bond donors (Lipinski definition) is 3. The van der Waals surface area contributed by atoms with E-state index in [-0.39, 0.29) is 17.0 Å². The lowest BCUT2D eigenvalue weighted by atomic mass is 9.70. The van der Waals surface area contributed by atoms with Crippen LogP contribution in [0.25, 0.3) is 11.3 Å². The van der Waals surface area contributed by atoms with E-state index in [2.05, 4.69) is 10.3 Å². The lowest BCUT2D eigenvalue weighted by Crippen LogP contribution is -2.43. The first kappa shape index (κ1) is 26.0. The number of ether oxygens (including phenoxy) is 1. The molecule has 0 aliphatic carbocycles. The van der Waals surface area contributed by atoms with E-state index in [0.29, 0.717) is 23.0 Å². The van der Waals surface area contributed by atoms with Crippen LogP contribution in [-0.4, -0.2) is 51.5 Å². The van der Waals surface area contributed by atoms with Gasteiger partial charge >= 0.3 is 0 Å². The van der Waals surface area contributed by atoms with Crippen molar-refractivity contribution in [3.05, 3.63) is 70.9 Å². The highest BCUT2D eigenvalue weighted by Crippen LogP contribution is 2.51. The number of aryl methyl sites for hydroxylation is 1. The molecule has 1 aliphatic heterocycles. The minimum atomic E-state index is -1.00. The van der Waals surface area contributed by atoms with Crippen LogP contribution in [0.15, 0.2) is 48.5 Å². The fourth-order valence-electron chi connectivity index (χ4n) is 4.32. The second-order valence-electron chi connectivity index (χ2n) is 9.49. The Kier molecular flexibility index (Phi) is 7.13. The minimum Gasteiger partial charge on any atom is -0.420 e. The first-order chi connectivity index (χ1) is 17.5. The van der Waals surface area contributed by atoms with Crippen molar-refractivity contribution in [2.75, 3.05) is 14.1 Å². The lowest BCUT2D eigenvalue weighted by Gasteiger charge is -2.37. The number of carbonyl (C=O) groups excluding carboxylic acids is 2. The predicted octanol–water partition coefficient (Wildman–Crippen LogP) is 4.81. The third kappa shape index (κ3) is 5.10. The molecular formula is C27H28N6O3S. The molecule has 1 atom stereocenters. The van der Waals surface area contributed by atoms with E-state index >= 15 is 0 Å². The van der Waals surface area contributed by atoms with Gasteiger partial charge in [0.05, 0.1) is 16.7 Å². The average molecular weight is 517 g/mol. The number of thioether (sulfide) groups is 1. The molecule has 0 radical (unpaired) electrons. The maximum Gasteiger partial charge on any atom is 0.253 e. The summed E-state index contributed by atoms with van der Waals surface area (Å²) in [6, 6.07) is 14.8. The van der Waals surface area contributed by atoms with E-state index in [9.17, 15) is 9.59 Å². The van der Waals surface area contributed by atoms with Crippen molar-refractivity contribution in [3.63, 3.8) is 0 Å². The number of fused-ring (bicyclic) bond motifs is 2. The monoisotopic (exact) mass is 516 g/mol. The van der Waals surface area contributed by atoms with Crippen LogP contribution in [0.1, 0.15) is 46.9 Å². The zero-order valence-corrected chi connectivity index (χ0v) is 22.1. The van der Waals surface area contributed by atoms with Crippen molar-refractivity contribution in [3.8, 4) is 23.0 Å². The van der Waals surface area contributed by atoms with Gasteiger partial charge in [0.2, 0.25) is 17.7 Å². The molecule has 0 spiro atoms. The summed E-state index contributed by atoms with van der Waals surface area (Å²) in [5.41, 5.74) is 4.30. The summed E-state index contributed by atoms with van der Waals surface area (Å²) in [6.45, 7) is 5.48. The first-order valence-electron chi connectivity index (χ1n) is 11.6. The summed E-state index contributed by atoms with van der Waals surface area (Å²) in [6.07, 6.45) is 0. The van der Waals surface area contributed by atoms with E-state index in [4.69, 9.17) is 20.5 Å². The number of nitrogens with zero attached hydrogens (tertiary/aromatic N) is 3. The summed E-state index contributed by atoms with van der Waals surface area (Å²) in [5, 5.41) is 17.6. The molecule has 3 aromatic rings. The van der Waals surface area contributed by atoms with Gasteiger partial charge in [-0.05, 0) is 43.0 Å². The average Bonchev–Trinajstić information content (AvgIpc) is 2.86. The molecule has 10 heteroatoms. The summed E-state index contributed by atoms with van der Waals surface area (Å²) < 4.78 is 6.15. The van der Waals surface area contributed by atoms with Gasteiger partial charge in [0.1, 0.15) is 0 Å². The second-order valence-corrected chi connectivity index (χ2v) is 10.4. The maximum absolute atomic E-state index is 13.3. The van der Waals surface area contributed by atoms with E-state index in [0.717, 1.165) is 39.7 Å². The molecule has 4 rings (SSSR count). The van der Waals surface area contributed by atoms with Gasteiger partial charge < -0.3 is 20.4 Å². The van der Waals surface area contributed by atoms with E-state index in [1.165, 1.54) is 4.90 Å². The van der Waals surface area contributed by atoms with Gasteiger partial charge in [-0.1, -0.05) is 38.1 Å². The number of aromatic nitrogens is 2. The van der Waals surface area contributed by atoms with Crippen LogP contribution in [0, 0.1) is 23.2 Å². The molecule has 1 unspecified atom stereocenters. The fraction of sp³-hybridized carbons (Fsp3) is 0.259. The van der Waals surface area contributed by atoms with Gasteiger partial charge in [-0.2, -0.15) is 0 Å². The lowest BCUT2D eigenvalue weighted by molar-refractivity contribution is -0.128. The first-order valence-corrected chi connectivity index (χ1v) is 12.4. The Morgan fingerprint density at radius 1 is 1.03 bits per heavy atom. The Morgan fingerprint density at radius 2 is 1.65 bits per heavy atom. The number of benzene rings is 1. The minimum absolute atomic E-state index is 0.0817. The number of amides is 2. The number of rotatable bonds is 5. The van der Waals surface area contributed by atoms with Gasteiger partial charge in [0, 0.05) is 48.0 Å². The molecule has 2 aromatic heterocycles. The number of hydrogen-bond acceptors (Lipinski definition) is 8. The topological polar surface area (TPSA) is 132 Å². The highest BCUT2D eigenvalue weighted by Gasteiger charge is 2.45. The molecule has 3 heterocycles. The molecule has 37 heavy (non-hydrogen) atoms. The predicted molar refractivity (Wildman–Crippen MR) is 145 cm³/mol. The van der Waals surface area contributed by atoms with Crippen molar-refractivity contribution in [2.24, 2.45) is 5.41 Å². The van der Waals surface area contributed by atoms with Crippen molar-refractivity contribution in [1.82, 2.24) is 20.2 Å². The Bertz CT molecular complexity index is 1400.